The number of halogens is 3. The van der Waals surface area contributed by atoms with E-state index < -0.39 is 0 Å². The van der Waals surface area contributed by atoms with Gasteiger partial charge < -0.3 is 0 Å². The lowest BCUT2D eigenvalue weighted by atomic mass is 9.98. The first kappa shape index (κ1) is 10.8. The lowest BCUT2D eigenvalue weighted by Gasteiger charge is -2.18. The third kappa shape index (κ3) is 1.95. The molecular weight excluding hydrogens is 283 g/mol. The Labute approximate surface area is 103 Å². The van der Waals surface area contributed by atoms with Gasteiger partial charge in [-0.2, -0.15) is 0 Å². The molecule has 1 unspecified atom stereocenters. The molecule has 0 nitrogen and oxygen atoms in total. The molecule has 0 N–H and O–H groups in total. The lowest BCUT2D eigenvalue weighted by molar-refractivity contribution is 0.565. The van der Waals surface area contributed by atoms with Crippen molar-refractivity contribution in [3.8, 4) is 0 Å². The summed E-state index contributed by atoms with van der Waals surface area (Å²) in [6, 6.07) is 5.70. The second-order valence-electron chi connectivity index (χ2n) is 4.18. The molecule has 0 radical (unpaired) electrons. The Morgan fingerprint density at radius 1 is 1.36 bits per heavy atom. The summed E-state index contributed by atoms with van der Waals surface area (Å²) >= 11 is 15.7. The van der Waals surface area contributed by atoms with E-state index >= 15 is 0 Å². The SMILES string of the molecule is CC1(C(Br)c2ccc(Cl)cc2Cl)CC1. The van der Waals surface area contributed by atoms with Crippen molar-refractivity contribution in [1.82, 2.24) is 0 Å². The highest BCUT2D eigenvalue weighted by Crippen LogP contribution is 2.59. The maximum absolute atomic E-state index is 6.14. The zero-order valence-corrected chi connectivity index (χ0v) is 11.0. The third-order valence-electron chi connectivity index (χ3n) is 2.89. The van der Waals surface area contributed by atoms with Gasteiger partial charge in [0.2, 0.25) is 0 Å². The molecule has 0 heterocycles. The van der Waals surface area contributed by atoms with Gasteiger partial charge in [-0.25, -0.2) is 0 Å². The van der Waals surface area contributed by atoms with E-state index in [1.165, 1.54) is 12.8 Å². The van der Waals surface area contributed by atoms with Gasteiger partial charge in [-0.05, 0) is 36.0 Å². The van der Waals surface area contributed by atoms with Gasteiger partial charge in [0.15, 0.2) is 0 Å². The number of rotatable bonds is 2. The molecule has 0 amide bonds. The first-order chi connectivity index (χ1) is 6.53. The minimum atomic E-state index is 0.347. The fraction of sp³-hybridized carbons (Fsp3) is 0.455. The van der Waals surface area contributed by atoms with Crippen LogP contribution in [0.15, 0.2) is 18.2 Å². The largest absolute Gasteiger partial charge is 0.0843 e. The van der Waals surface area contributed by atoms with Crippen molar-refractivity contribution in [1.29, 1.82) is 0 Å². The van der Waals surface area contributed by atoms with Gasteiger partial charge in [0.05, 0.1) is 0 Å². The summed E-state index contributed by atoms with van der Waals surface area (Å²) in [5.74, 6) is 0. The van der Waals surface area contributed by atoms with Crippen LogP contribution < -0.4 is 0 Å². The predicted molar refractivity (Wildman–Crippen MR) is 65.5 cm³/mol. The monoisotopic (exact) mass is 292 g/mol. The van der Waals surface area contributed by atoms with E-state index in [-0.39, 0.29) is 0 Å². The quantitative estimate of drug-likeness (QED) is 0.655. The Bertz CT molecular complexity index is 358. The van der Waals surface area contributed by atoms with Gasteiger partial charge in [0.25, 0.3) is 0 Å². The maximum Gasteiger partial charge on any atom is 0.0464 e. The molecule has 2 rings (SSSR count). The van der Waals surface area contributed by atoms with Crippen molar-refractivity contribution < 1.29 is 0 Å². The van der Waals surface area contributed by atoms with E-state index in [1.54, 1.807) is 6.07 Å². The molecule has 1 atom stereocenters. The van der Waals surface area contributed by atoms with E-state index in [9.17, 15) is 0 Å². The number of hydrogen-bond donors (Lipinski definition) is 0. The van der Waals surface area contributed by atoms with Gasteiger partial charge >= 0.3 is 0 Å². The second kappa shape index (κ2) is 3.70. The van der Waals surface area contributed by atoms with Crippen molar-refractivity contribution in [2.24, 2.45) is 5.41 Å². The van der Waals surface area contributed by atoms with Crippen molar-refractivity contribution in [3.63, 3.8) is 0 Å². The highest BCUT2D eigenvalue weighted by molar-refractivity contribution is 9.09. The molecule has 3 heteroatoms. The Kier molecular flexibility index (Phi) is 2.85. The van der Waals surface area contributed by atoms with E-state index in [1.807, 2.05) is 12.1 Å². The summed E-state index contributed by atoms with van der Waals surface area (Å²) < 4.78 is 0. The highest BCUT2D eigenvalue weighted by Gasteiger charge is 2.44. The third-order valence-corrected chi connectivity index (χ3v) is 5.05. The standard InChI is InChI=1S/C11H11BrCl2/c1-11(4-5-11)10(12)8-3-2-7(13)6-9(8)14/h2-3,6,10H,4-5H2,1H3. The van der Waals surface area contributed by atoms with E-state index in [2.05, 4.69) is 22.9 Å². The van der Waals surface area contributed by atoms with Crippen LogP contribution in [-0.2, 0) is 0 Å². The molecule has 76 valence electrons. The van der Waals surface area contributed by atoms with Gasteiger partial charge in [-0.15, -0.1) is 0 Å². The van der Waals surface area contributed by atoms with E-state index in [4.69, 9.17) is 23.2 Å². The average molecular weight is 294 g/mol. The lowest BCUT2D eigenvalue weighted by Crippen LogP contribution is -2.03. The normalized spacial score (nSPS) is 20.6. The summed E-state index contributed by atoms with van der Waals surface area (Å²) in [7, 11) is 0. The minimum Gasteiger partial charge on any atom is -0.0843 e. The molecule has 14 heavy (non-hydrogen) atoms. The number of benzene rings is 1. The Balaban J connectivity index is 2.32. The smallest absolute Gasteiger partial charge is 0.0464 e. The molecule has 0 aliphatic heterocycles. The molecule has 1 aliphatic rings. The molecule has 0 spiro atoms. The summed E-state index contributed by atoms with van der Waals surface area (Å²) in [6.45, 7) is 2.28. The molecule has 1 aromatic carbocycles. The average Bonchev–Trinajstić information content (AvgIpc) is 2.84. The summed E-state index contributed by atoms with van der Waals surface area (Å²) in [6.07, 6.45) is 2.53. The first-order valence-electron chi connectivity index (χ1n) is 4.62. The van der Waals surface area contributed by atoms with Crippen molar-refractivity contribution >= 4 is 39.1 Å². The topological polar surface area (TPSA) is 0 Å². The second-order valence-corrected chi connectivity index (χ2v) is 5.94. The van der Waals surface area contributed by atoms with Crippen LogP contribution in [0.5, 0.6) is 0 Å². The summed E-state index contributed by atoms with van der Waals surface area (Å²) in [5.41, 5.74) is 1.54. The molecule has 1 aliphatic carbocycles. The molecule has 0 bridgehead atoms. The fourth-order valence-corrected chi connectivity index (χ4v) is 3.04. The zero-order chi connectivity index (χ0) is 10.3. The fourth-order valence-electron chi connectivity index (χ4n) is 1.53. The van der Waals surface area contributed by atoms with Gasteiger partial charge in [-0.1, -0.05) is 52.1 Å². The molecule has 0 aromatic heterocycles. The van der Waals surface area contributed by atoms with E-state index in [0.29, 0.717) is 15.3 Å². The molecule has 1 aromatic rings. The molecule has 0 saturated heterocycles. The van der Waals surface area contributed by atoms with Crippen LogP contribution >= 0.6 is 39.1 Å². The predicted octanol–water partition coefficient (Wildman–Crippen LogP) is 5.23. The van der Waals surface area contributed by atoms with Gasteiger partial charge in [0.1, 0.15) is 0 Å². The first-order valence-corrected chi connectivity index (χ1v) is 6.29. The van der Waals surface area contributed by atoms with Crippen molar-refractivity contribution in [2.75, 3.05) is 0 Å². The van der Waals surface area contributed by atoms with Crippen LogP contribution in [0.3, 0.4) is 0 Å². The van der Waals surface area contributed by atoms with Crippen molar-refractivity contribution in [3.05, 3.63) is 33.8 Å². The Morgan fingerprint density at radius 2 is 2.00 bits per heavy atom. The summed E-state index contributed by atoms with van der Waals surface area (Å²) in [5, 5.41) is 1.45. The van der Waals surface area contributed by atoms with Crippen LogP contribution in [0, 0.1) is 5.41 Å². The minimum absolute atomic E-state index is 0.347. The maximum atomic E-state index is 6.14. The highest BCUT2D eigenvalue weighted by atomic mass is 79.9. The molecule has 1 fully saturated rings. The molecular formula is C11H11BrCl2. The van der Waals surface area contributed by atoms with E-state index in [0.717, 1.165) is 10.6 Å². The van der Waals surface area contributed by atoms with Crippen LogP contribution in [0.4, 0.5) is 0 Å². The molecule has 1 saturated carbocycles. The van der Waals surface area contributed by atoms with Crippen LogP contribution in [-0.4, -0.2) is 0 Å². The van der Waals surface area contributed by atoms with Crippen LogP contribution in [0.25, 0.3) is 0 Å². The van der Waals surface area contributed by atoms with Gasteiger partial charge in [-0.3, -0.25) is 0 Å². The zero-order valence-electron chi connectivity index (χ0n) is 7.86. The Morgan fingerprint density at radius 3 is 2.50 bits per heavy atom. The number of alkyl halides is 1. The Hall–Kier alpha value is 0.280. The van der Waals surface area contributed by atoms with Crippen molar-refractivity contribution in [2.45, 2.75) is 24.6 Å². The van der Waals surface area contributed by atoms with Gasteiger partial charge in [0, 0.05) is 14.9 Å². The summed E-state index contributed by atoms with van der Waals surface area (Å²) in [4.78, 5) is 0.347. The van der Waals surface area contributed by atoms with Crippen LogP contribution in [0.1, 0.15) is 30.2 Å². The van der Waals surface area contributed by atoms with Crippen LogP contribution in [0.2, 0.25) is 10.0 Å². The number of hydrogen-bond acceptors (Lipinski definition) is 0.